The first kappa shape index (κ1) is 48.2. The minimum atomic E-state index is -0.871. The molecule has 5 rings (SSSR count). The quantitative estimate of drug-likeness (QED) is 0.195. The molecule has 5 heterocycles. The van der Waals surface area contributed by atoms with E-state index < -0.39 is 22.8 Å². The third kappa shape index (κ3) is 10.0. The standard InChI is InChI=1S/C44H74O7.W.Y/c1-13-35(26-28(5)31(8)32(9)39-27(4)17-18-37(48-39)36(14-2)33(10)45)40-29(6)25-30(7)44(49-40)21-16-20-43(51-44)24-23-41(12,50-43)38-19-22-42(46,15-3)34(11)47-38;;/h16,20-21,26-32,34-40,46H,13-15,17-19,22-25H2,1-12H3;;/q-2;;/t27-,28?,29-,30+,31?,32-,34-,35-,36?,37+,38+,39?,40-,41-,42+,43+,44-;;/m0../s1. The fraction of sp³-hybridized carbons (Fsp3) is 0.886. The zero-order chi connectivity index (χ0) is 37.5. The van der Waals surface area contributed by atoms with E-state index in [9.17, 15) is 9.90 Å². The van der Waals surface area contributed by atoms with E-state index in [1.54, 1.807) is 6.92 Å². The molecule has 7 nitrogen and oxygen atoms in total. The van der Waals surface area contributed by atoms with Gasteiger partial charge in [0.25, 0.3) is 0 Å². The minimum absolute atomic E-state index is 0. The van der Waals surface area contributed by atoms with Crippen molar-refractivity contribution in [2.45, 2.75) is 201 Å². The molecule has 4 saturated heterocycles. The summed E-state index contributed by atoms with van der Waals surface area (Å²) in [6.07, 6.45) is 17.4. The van der Waals surface area contributed by atoms with Crippen LogP contribution in [0, 0.1) is 60.2 Å². The molecule has 4 fully saturated rings. The fourth-order valence-corrected chi connectivity index (χ4v) is 10.6. The molecule has 4 unspecified atom stereocenters. The van der Waals surface area contributed by atoms with E-state index >= 15 is 0 Å². The molecule has 0 aromatic rings. The zero-order valence-electron chi connectivity index (χ0n) is 35.3. The van der Waals surface area contributed by atoms with Crippen LogP contribution in [0.15, 0.2) is 12.2 Å². The first-order valence-electron chi connectivity index (χ1n) is 21.0. The number of rotatable bonds is 12. The van der Waals surface area contributed by atoms with Gasteiger partial charge in [0.15, 0.2) is 0 Å². The summed E-state index contributed by atoms with van der Waals surface area (Å²) in [5.74, 6) is 0.976. The summed E-state index contributed by atoms with van der Waals surface area (Å²) in [5, 5.41) is 11.0. The summed E-state index contributed by atoms with van der Waals surface area (Å²) in [6.45, 7) is 26.3. The molecule has 17 atom stereocenters. The third-order valence-corrected chi connectivity index (χ3v) is 14.8. The molecule has 0 bridgehead atoms. The summed E-state index contributed by atoms with van der Waals surface area (Å²) < 4.78 is 34.6. The van der Waals surface area contributed by atoms with E-state index in [1.807, 2.05) is 13.8 Å². The first-order valence-corrected chi connectivity index (χ1v) is 21.0. The molecule has 0 aliphatic carbocycles. The van der Waals surface area contributed by atoms with Crippen molar-refractivity contribution >= 4 is 5.78 Å². The molecule has 0 saturated carbocycles. The Morgan fingerprint density at radius 1 is 0.943 bits per heavy atom. The normalized spacial score (nSPS) is 44.2. The molecule has 5 aliphatic heterocycles. The monoisotopic (exact) mass is 987 g/mol. The van der Waals surface area contributed by atoms with Gasteiger partial charge < -0.3 is 35.2 Å². The molecule has 0 aromatic heterocycles. The van der Waals surface area contributed by atoms with Crippen LogP contribution in [0.5, 0.6) is 0 Å². The predicted octanol–water partition coefficient (Wildman–Crippen LogP) is 9.44. The molecule has 0 amide bonds. The smallest absolute Gasteiger partial charge is 0.135 e. The predicted molar refractivity (Wildman–Crippen MR) is 202 cm³/mol. The number of hydrogen-bond acceptors (Lipinski definition) is 7. The third-order valence-electron chi connectivity index (χ3n) is 14.8. The Morgan fingerprint density at radius 2 is 1.64 bits per heavy atom. The first-order chi connectivity index (χ1) is 24.0. The van der Waals surface area contributed by atoms with Crippen LogP contribution < -0.4 is 0 Å². The molecule has 9 heteroatoms. The molecule has 5 aliphatic rings. The van der Waals surface area contributed by atoms with Gasteiger partial charge in [-0.05, 0) is 102 Å². The van der Waals surface area contributed by atoms with E-state index in [1.165, 1.54) is 0 Å². The van der Waals surface area contributed by atoms with Crippen molar-refractivity contribution < 1.29 is 87.4 Å². The van der Waals surface area contributed by atoms with E-state index in [4.69, 9.17) is 23.7 Å². The van der Waals surface area contributed by atoms with Crippen molar-refractivity contribution in [3.63, 3.8) is 0 Å². The van der Waals surface area contributed by atoms with E-state index in [2.05, 4.69) is 87.3 Å². The van der Waals surface area contributed by atoms with Gasteiger partial charge in [0.2, 0.25) is 0 Å². The van der Waals surface area contributed by atoms with Gasteiger partial charge >= 0.3 is 0 Å². The summed E-state index contributed by atoms with van der Waals surface area (Å²) >= 11 is 0. The Balaban J connectivity index is 0.00000378. The summed E-state index contributed by atoms with van der Waals surface area (Å²) in [4.78, 5) is 12.4. The van der Waals surface area contributed by atoms with Crippen LogP contribution >= 0.6 is 0 Å². The van der Waals surface area contributed by atoms with Gasteiger partial charge in [0.1, 0.15) is 17.4 Å². The molecule has 53 heavy (non-hydrogen) atoms. The van der Waals surface area contributed by atoms with Crippen LogP contribution in [-0.4, -0.2) is 64.2 Å². The van der Waals surface area contributed by atoms with Crippen LogP contribution in [0.3, 0.4) is 0 Å². The number of aliphatic hydroxyl groups is 1. The van der Waals surface area contributed by atoms with Gasteiger partial charge in [0.05, 0.1) is 35.6 Å². The van der Waals surface area contributed by atoms with Gasteiger partial charge in [-0.15, -0.1) is 5.92 Å². The number of ether oxygens (including phenoxy) is 5. The Labute approximate surface area is 363 Å². The topological polar surface area (TPSA) is 83.5 Å². The summed E-state index contributed by atoms with van der Waals surface area (Å²) in [7, 11) is 0. The van der Waals surface area contributed by atoms with Crippen molar-refractivity contribution in [1.82, 2.24) is 0 Å². The molecular weight excluding hydrogens is 913 g/mol. The van der Waals surface area contributed by atoms with Crippen LogP contribution in [0.1, 0.15) is 147 Å². The van der Waals surface area contributed by atoms with Crippen LogP contribution in [0.2, 0.25) is 0 Å². The number of carbonyl (C=O) groups excluding carboxylic acids is 1. The fourth-order valence-electron chi connectivity index (χ4n) is 10.6. The average Bonchev–Trinajstić information content (AvgIpc) is 3.42. The molecular formula is C44H74O7WY-2. The minimum Gasteiger partial charge on any atom is -0.387 e. The van der Waals surface area contributed by atoms with Gasteiger partial charge in [-0.1, -0.05) is 74.7 Å². The maximum Gasteiger partial charge on any atom is 0.135 e. The van der Waals surface area contributed by atoms with Gasteiger partial charge in [0, 0.05) is 65.8 Å². The Bertz CT molecular complexity index is 1220. The van der Waals surface area contributed by atoms with Crippen LogP contribution in [0.25, 0.3) is 0 Å². The number of ketones is 1. The molecule has 0 aromatic carbocycles. The molecule has 303 valence electrons. The summed E-state index contributed by atoms with van der Waals surface area (Å²) in [6, 6.07) is 0. The zero-order valence-corrected chi connectivity index (χ0v) is 41.0. The van der Waals surface area contributed by atoms with Gasteiger partial charge in [-0.25, -0.2) is 6.08 Å². The van der Waals surface area contributed by atoms with Crippen LogP contribution in [0.4, 0.5) is 0 Å². The molecule has 2 spiro atoms. The van der Waals surface area contributed by atoms with E-state index in [-0.39, 0.29) is 108 Å². The number of carbonyl (C=O) groups is 1. The number of hydrogen-bond donors (Lipinski definition) is 1. The second-order valence-corrected chi connectivity index (χ2v) is 18.2. The second kappa shape index (κ2) is 19.3. The SMILES string of the molecule is CCC(C(C)=O)[C@H]1CC[C@H](C)C([C@@H](C)C(C)C(C)[CH-][C@H](CC)[C@H]2O[C@]3(C=C[CH-][C@]4(CC[C@@](C)([C@H]5CC[C@](O)(CC)[C@H](C)O5)O4)O3)[C@H](C)C[C@@H]2C)O1.[W].[Y]. The Kier molecular flexibility index (Phi) is 17.5. The van der Waals surface area contributed by atoms with Crippen molar-refractivity contribution in [1.29, 1.82) is 0 Å². The number of Topliss-reactive ketones (excluding diaryl/α,β-unsaturated/α-hetero) is 1. The second-order valence-electron chi connectivity index (χ2n) is 18.2. The van der Waals surface area contributed by atoms with Gasteiger partial charge in [-0.2, -0.15) is 18.4 Å². The Hall–Kier alpha value is 0.832. The van der Waals surface area contributed by atoms with Gasteiger partial charge in [-0.3, -0.25) is 4.79 Å². The maximum atomic E-state index is 12.4. The molecule has 1 N–H and O–H groups in total. The summed E-state index contributed by atoms with van der Waals surface area (Å²) in [5.41, 5.74) is -1.29. The van der Waals surface area contributed by atoms with Crippen LogP contribution in [-0.2, 0) is 82.3 Å². The Morgan fingerprint density at radius 3 is 2.25 bits per heavy atom. The van der Waals surface area contributed by atoms with Crippen molar-refractivity contribution in [3.8, 4) is 0 Å². The van der Waals surface area contributed by atoms with Crippen molar-refractivity contribution in [2.75, 3.05) is 0 Å². The average molecular weight is 988 g/mol. The van der Waals surface area contributed by atoms with E-state index in [0.717, 1.165) is 51.4 Å². The van der Waals surface area contributed by atoms with E-state index in [0.29, 0.717) is 42.4 Å². The maximum absolute atomic E-state index is 12.4. The molecule has 1 radical (unpaired) electrons. The largest absolute Gasteiger partial charge is 0.387 e. The van der Waals surface area contributed by atoms with Crippen molar-refractivity contribution in [3.05, 3.63) is 25.0 Å². The van der Waals surface area contributed by atoms with Crippen molar-refractivity contribution in [2.24, 2.45) is 47.3 Å².